The van der Waals surface area contributed by atoms with Gasteiger partial charge in [-0.15, -0.1) is 0 Å². The van der Waals surface area contributed by atoms with E-state index in [1.807, 2.05) is 6.08 Å². The van der Waals surface area contributed by atoms with Gasteiger partial charge in [-0.3, -0.25) is 5.32 Å². The predicted molar refractivity (Wildman–Crippen MR) is 75.0 cm³/mol. The summed E-state index contributed by atoms with van der Waals surface area (Å²) < 4.78 is 0. The highest BCUT2D eigenvalue weighted by atomic mass is 15.3. The van der Waals surface area contributed by atoms with Crippen LogP contribution in [0.5, 0.6) is 0 Å². The van der Waals surface area contributed by atoms with E-state index in [9.17, 15) is 0 Å². The summed E-state index contributed by atoms with van der Waals surface area (Å²) in [6, 6.07) is 0. The van der Waals surface area contributed by atoms with E-state index in [2.05, 4.69) is 48.2 Å². The molecule has 0 aromatic rings. The van der Waals surface area contributed by atoms with Gasteiger partial charge in [0.15, 0.2) is 0 Å². The summed E-state index contributed by atoms with van der Waals surface area (Å²) in [5, 5.41) is 10.8. The van der Waals surface area contributed by atoms with E-state index in [-0.39, 0.29) is 11.1 Å². The summed E-state index contributed by atoms with van der Waals surface area (Å²) >= 11 is 0. The summed E-state index contributed by atoms with van der Waals surface area (Å²) in [7, 11) is 0. The van der Waals surface area contributed by atoms with Gasteiger partial charge in [0.1, 0.15) is 5.66 Å². The van der Waals surface area contributed by atoms with Gasteiger partial charge in [0, 0.05) is 18.8 Å². The quantitative estimate of drug-likeness (QED) is 0.610. The maximum absolute atomic E-state index is 4.34. The van der Waals surface area contributed by atoms with Gasteiger partial charge in [0.2, 0.25) is 0 Å². The Hall–Kier alpha value is -1.32. The Kier molecular flexibility index (Phi) is 2.50. The van der Waals surface area contributed by atoms with Crippen LogP contribution in [-0.2, 0) is 0 Å². The first-order valence-corrected chi connectivity index (χ1v) is 6.62. The minimum atomic E-state index is -0.0982. The smallest absolute Gasteiger partial charge is 0.115 e. The van der Waals surface area contributed by atoms with Crippen molar-refractivity contribution in [2.75, 3.05) is 19.6 Å². The van der Waals surface area contributed by atoms with Crippen LogP contribution in [0.1, 0.15) is 13.3 Å². The molecule has 0 bridgehead atoms. The fourth-order valence-corrected chi connectivity index (χ4v) is 3.93. The number of hydrogen-bond acceptors (Lipinski definition) is 3. The van der Waals surface area contributed by atoms with Gasteiger partial charge in [0.25, 0.3) is 0 Å². The van der Waals surface area contributed by atoms with Crippen LogP contribution in [0.2, 0.25) is 0 Å². The highest BCUT2D eigenvalue weighted by Gasteiger charge is 2.64. The SMILES string of the molecule is C=CC=C1/C(=C\C)N[C@@]23CNCC(=C)[C@@]12CCN3. The Morgan fingerprint density at radius 1 is 1.39 bits per heavy atom. The van der Waals surface area contributed by atoms with E-state index >= 15 is 0 Å². The molecule has 0 aromatic carbocycles. The van der Waals surface area contributed by atoms with Crippen LogP contribution in [0.25, 0.3) is 0 Å². The molecule has 3 heterocycles. The number of piperidine rings is 1. The third-order valence-electron chi connectivity index (χ3n) is 4.66. The molecule has 3 aliphatic heterocycles. The highest BCUT2D eigenvalue weighted by molar-refractivity contribution is 5.55. The van der Waals surface area contributed by atoms with E-state index < -0.39 is 0 Å². The normalized spacial score (nSPS) is 42.8. The monoisotopic (exact) mass is 243 g/mol. The Morgan fingerprint density at radius 2 is 2.22 bits per heavy atom. The minimum absolute atomic E-state index is 0.0221. The highest BCUT2D eigenvalue weighted by Crippen LogP contribution is 2.57. The maximum atomic E-state index is 4.34. The summed E-state index contributed by atoms with van der Waals surface area (Å²) in [4.78, 5) is 0. The molecule has 0 spiro atoms. The van der Waals surface area contributed by atoms with E-state index in [4.69, 9.17) is 0 Å². The maximum Gasteiger partial charge on any atom is 0.115 e. The largest absolute Gasteiger partial charge is 0.365 e. The van der Waals surface area contributed by atoms with Gasteiger partial charge in [-0.2, -0.15) is 0 Å². The van der Waals surface area contributed by atoms with Crippen molar-refractivity contribution in [3.63, 3.8) is 0 Å². The molecule has 0 amide bonds. The number of allylic oxidation sites excluding steroid dienone is 4. The third kappa shape index (κ3) is 1.16. The van der Waals surface area contributed by atoms with E-state index in [0.717, 1.165) is 26.1 Å². The van der Waals surface area contributed by atoms with Crippen molar-refractivity contribution < 1.29 is 0 Å². The van der Waals surface area contributed by atoms with Gasteiger partial charge < -0.3 is 10.6 Å². The van der Waals surface area contributed by atoms with Crippen LogP contribution in [0, 0.1) is 5.41 Å². The average Bonchev–Trinajstić information content (AvgIpc) is 2.85. The minimum Gasteiger partial charge on any atom is -0.365 e. The zero-order chi connectivity index (χ0) is 12.8. The number of nitrogens with one attached hydrogen (secondary N) is 3. The van der Waals surface area contributed by atoms with E-state index in [1.165, 1.54) is 16.8 Å². The van der Waals surface area contributed by atoms with Crippen molar-refractivity contribution in [1.82, 2.24) is 16.0 Å². The van der Waals surface area contributed by atoms with E-state index in [1.54, 1.807) is 0 Å². The first-order valence-electron chi connectivity index (χ1n) is 6.62. The lowest BCUT2D eigenvalue weighted by atomic mass is 9.65. The first-order chi connectivity index (χ1) is 8.70. The molecule has 3 saturated heterocycles. The molecule has 0 aromatic heterocycles. The molecule has 3 fully saturated rings. The number of hydrogen-bond donors (Lipinski definition) is 3. The molecule has 3 heteroatoms. The molecule has 3 rings (SSSR count). The predicted octanol–water partition coefficient (Wildman–Crippen LogP) is 1.44. The van der Waals surface area contributed by atoms with Crippen LogP contribution in [0.15, 0.2) is 48.2 Å². The van der Waals surface area contributed by atoms with E-state index in [0.29, 0.717) is 0 Å². The summed E-state index contributed by atoms with van der Waals surface area (Å²) in [5.74, 6) is 0. The fourth-order valence-electron chi connectivity index (χ4n) is 3.93. The Balaban J connectivity index is 2.23. The molecule has 96 valence electrons. The lowest BCUT2D eigenvalue weighted by Gasteiger charge is -2.45. The molecule has 0 radical (unpaired) electrons. The van der Waals surface area contributed by atoms with Crippen LogP contribution >= 0.6 is 0 Å². The summed E-state index contributed by atoms with van der Waals surface area (Å²) in [5.41, 5.74) is 3.76. The van der Waals surface area contributed by atoms with Crippen molar-refractivity contribution in [3.05, 3.63) is 48.2 Å². The van der Waals surface area contributed by atoms with Gasteiger partial charge in [0.05, 0.1) is 5.41 Å². The molecule has 0 aliphatic carbocycles. The number of rotatable bonds is 1. The molecular formula is C15H21N3. The summed E-state index contributed by atoms with van der Waals surface area (Å²) in [6.07, 6.45) is 7.29. The lowest BCUT2D eigenvalue weighted by molar-refractivity contribution is 0.191. The molecule has 2 atom stereocenters. The zero-order valence-electron chi connectivity index (χ0n) is 11.0. The van der Waals surface area contributed by atoms with Crippen LogP contribution < -0.4 is 16.0 Å². The van der Waals surface area contributed by atoms with Gasteiger partial charge in [-0.25, -0.2) is 0 Å². The van der Waals surface area contributed by atoms with Crippen molar-refractivity contribution >= 4 is 0 Å². The van der Waals surface area contributed by atoms with Gasteiger partial charge in [-0.05, 0) is 31.0 Å². The second kappa shape index (κ2) is 3.84. The fraction of sp³-hybridized carbons (Fsp3) is 0.467. The molecule has 3 N–H and O–H groups in total. The lowest BCUT2D eigenvalue weighted by Crippen LogP contribution is -2.66. The Bertz CT molecular complexity index is 474. The average molecular weight is 243 g/mol. The van der Waals surface area contributed by atoms with Crippen molar-refractivity contribution in [3.8, 4) is 0 Å². The molecule has 0 unspecified atom stereocenters. The van der Waals surface area contributed by atoms with Crippen molar-refractivity contribution in [1.29, 1.82) is 0 Å². The summed E-state index contributed by atoms with van der Waals surface area (Å²) in [6.45, 7) is 13.1. The zero-order valence-corrected chi connectivity index (χ0v) is 11.0. The van der Waals surface area contributed by atoms with Crippen molar-refractivity contribution in [2.24, 2.45) is 5.41 Å². The van der Waals surface area contributed by atoms with Crippen LogP contribution in [-0.4, -0.2) is 25.3 Å². The Morgan fingerprint density at radius 3 is 2.94 bits per heavy atom. The second-order valence-corrected chi connectivity index (χ2v) is 5.34. The topological polar surface area (TPSA) is 36.1 Å². The first kappa shape index (κ1) is 11.8. The van der Waals surface area contributed by atoms with Gasteiger partial charge >= 0.3 is 0 Å². The van der Waals surface area contributed by atoms with Crippen LogP contribution in [0.4, 0.5) is 0 Å². The molecule has 18 heavy (non-hydrogen) atoms. The molecule has 3 aliphatic rings. The van der Waals surface area contributed by atoms with Gasteiger partial charge in [-0.1, -0.05) is 31.4 Å². The molecule has 0 saturated carbocycles. The van der Waals surface area contributed by atoms with Crippen LogP contribution in [0.3, 0.4) is 0 Å². The van der Waals surface area contributed by atoms with Crippen molar-refractivity contribution in [2.45, 2.75) is 19.0 Å². The molecule has 3 nitrogen and oxygen atoms in total. The molecular weight excluding hydrogens is 222 g/mol. The standard InChI is InChI=1S/C15H21N3/c1-4-6-12-13(5-2)18-15-10-16-9-11(3)14(12,15)7-8-17-15/h4-6,16-18H,1,3,7-10H2,2H3/b12-6?,13-5+/t14-,15-/m0/s1. The Labute approximate surface area is 109 Å². The second-order valence-electron chi connectivity index (χ2n) is 5.34. The third-order valence-corrected chi connectivity index (χ3v) is 4.66.